The molecule has 0 amide bonds. The van der Waals surface area contributed by atoms with E-state index in [9.17, 15) is 0 Å². The molecule has 0 unspecified atom stereocenters. The predicted molar refractivity (Wildman–Crippen MR) is 59.1 cm³/mol. The fourth-order valence-electron chi connectivity index (χ4n) is 0.689. The second-order valence-corrected chi connectivity index (χ2v) is 2.55. The highest BCUT2D eigenvalue weighted by atomic mass is 16.5. The summed E-state index contributed by atoms with van der Waals surface area (Å²) >= 11 is 0. The van der Waals surface area contributed by atoms with Crippen LogP contribution in [-0.2, 0) is 9.47 Å². The summed E-state index contributed by atoms with van der Waals surface area (Å²) in [6.07, 6.45) is 3.89. The number of hydrogen-bond donors (Lipinski definition) is 0. The first-order valence-electron chi connectivity index (χ1n) is 4.63. The van der Waals surface area contributed by atoms with Gasteiger partial charge in [-0.05, 0) is 6.92 Å². The third kappa shape index (κ3) is 8.93. The topological polar surface area (TPSA) is 43.2 Å². The molecule has 0 aliphatic heterocycles. The fourth-order valence-corrected chi connectivity index (χ4v) is 0.689. The number of hydrogen-bond acceptors (Lipinski definition) is 3. The molecule has 0 N–H and O–H groups in total. The smallest absolute Gasteiger partial charge is 0.130 e. The van der Waals surface area contributed by atoms with E-state index in [1.807, 2.05) is 6.92 Å². The Hall–Kier alpha value is -1.16. The summed E-state index contributed by atoms with van der Waals surface area (Å²) in [4.78, 5) is 7.80. The number of aliphatic imine (C=N–C) groups is 2. The second-order valence-electron chi connectivity index (χ2n) is 2.55. The van der Waals surface area contributed by atoms with Crippen LogP contribution in [0.5, 0.6) is 0 Å². The van der Waals surface area contributed by atoms with E-state index in [1.54, 1.807) is 13.3 Å². The van der Waals surface area contributed by atoms with Crippen LogP contribution >= 0.6 is 0 Å². The van der Waals surface area contributed by atoms with E-state index < -0.39 is 0 Å². The monoisotopic (exact) mass is 198 g/mol. The van der Waals surface area contributed by atoms with Gasteiger partial charge in [0.15, 0.2) is 0 Å². The second kappa shape index (κ2) is 9.92. The van der Waals surface area contributed by atoms with E-state index in [0.717, 1.165) is 13.0 Å². The normalized spacial score (nSPS) is 11.3. The number of methoxy groups -OCH3 is 1. The molecule has 0 saturated carbocycles. The number of allylic oxidation sites excluding steroid dienone is 1. The van der Waals surface area contributed by atoms with Gasteiger partial charge >= 0.3 is 0 Å². The lowest BCUT2D eigenvalue weighted by Crippen LogP contribution is -1.99. The third-order valence-corrected chi connectivity index (χ3v) is 1.33. The van der Waals surface area contributed by atoms with Crippen LogP contribution in [0.1, 0.15) is 13.3 Å². The number of ether oxygens (including phenoxy) is 2. The third-order valence-electron chi connectivity index (χ3n) is 1.33. The van der Waals surface area contributed by atoms with Crippen LogP contribution < -0.4 is 0 Å². The van der Waals surface area contributed by atoms with Crippen LogP contribution in [0.2, 0.25) is 0 Å². The molecule has 0 bridgehead atoms. The highest BCUT2D eigenvalue weighted by molar-refractivity contribution is 5.82. The highest BCUT2D eigenvalue weighted by Crippen LogP contribution is 1.91. The van der Waals surface area contributed by atoms with Crippen LogP contribution in [0, 0.1) is 0 Å². The van der Waals surface area contributed by atoms with Crippen molar-refractivity contribution >= 4 is 12.6 Å². The molecule has 4 nitrogen and oxygen atoms in total. The van der Waals surface area contributed by atoms with Crippen LogP contribution in [-0.4, -0.2) is 39.4 Å². The van der Waals surface area contributed by atoms with Gasteiger partial charge in [0.25, 0.3) is 0 Å². The molecule has 0 rings (SSSR count). The van der Waals surface area contributed by atoms with Gasteiger partial charge in [-0.2, -0.15) is 0 Å². The van der Waals surface area contributed by atoms with Crippen molar-refractivity contribution in [1.29, 1.82) is 0 Å². The Morgan fingerprint density at radius 3 is 2.86 bits per heavy atom. The largest absolute Gasteiger partial charge is 0.493 e. The van der Waals surface area contributed by atoms with Gasteiger partial charge in [0.1, 0.15) is 12.1 Å². The summed E-state index contributed by atoms with van der Waals surface area (Å²) in [7, 11) is 1.66. The summed E-state index contributed by atoms with van der Waals surface area (Å²) in [5.41, 5.74) is 0. The van der Waals surface area contributed by atoms with Crippen LogP contribution in [0.3, 0.4) is 0 Å². The molecule has 0 aromatic rings. The quantitative estimate of drug-likeness (QED) is 0.258. The lowest BCUT2D eigenvalue weighted by Gasteiger charge is -2.03. The molecular weight excluding hydrogens is 180 g/mol. The van der Waals surface area contributed by atoms with Gasteiger partial charge < -0.3 is 9.47 Å². The van der Waals surface area contributed by atoms with Crippen molar-refractivity contribution in [3.63, 3.8) is 0 Å². The molecule has 14 heavy (non-hydrogen) atoms. The zero-order chi connectivity index (χ0) is 10.6. The summed E-state index contributed by atoms with van der Waals surface area (Å²) in [5.74, 6) is 0.545. The standard InChI is InChI=1S/C10H18N2O2/c1-4-11-9-12-8-10(2)14-7-5-6-13-3/h8-9H,2,4-7H2,1,3H3. The maximum Gasteiger partial charge on any atom is 0.130 e. The SMILES string of the molecule is C=C(C=NC=NCC)OCCCOC. The van der Waals surface area contributed by atoms with Gasteiger partial charge in [-0.15, -0.1) is 0 Å². The lowest BCUT2D eigenvalue weighted by molar-refractivity contribution is 0.152. The first-order chi connectivity index (χ1) is 6.81. The summed E-state index contributed by atoms with van der Waals surface area (Å²) in [6, 6.07) is 0. The molecule has 0 saturated heterocycles. The Morgan fingerprint density at radius 2 is 2.21 bits per heavy atom. The Balaban J connectivity index is 3.45. The van der Waals surface area contributed by atoms with E-state index in [-0.39, 0.29) is 0 Å². The molecule has 0 aliphatic rings. The fraction of sp³-hybridized carbons (Fsp3) is 0.600. The first-order valence-corrected chi connectivity index (χ1v) is 4.63. The molecule has 80 valence electrons. The number of rotatable bonds is 8. The average Bonchev–Trinajstić information content (AvgIpc) is 2.19. The van der Waals surface area contributed by atoms with Crippen molar-refractivity contribution in [2.75, 3.05) is 26.9 Å². The van der Waals surface area contributed by atoms with Crippen molar-refractivity contribution in [1.82, 2.24) is 0 Å². The van der Waals surface area contributed by atoms with Crippen molar-refractivity contribution < 1.29 is 9.47 Å². The summed E-state index contributed by atoms with van der Waals surface area (Å²) in [6.45, 7) is 7.65. The van der Waals surface area contributed by atoms with Crippen molar-refractivity contribution in [3.05, 3.63) is 12.3 Å². The molecule has 0 radical (unpaired) electrons. The highest BCUT2D eigenvalue weighted by Gasteiger charge is 1.89. The minimum atomic E-state index is 0.545. The van der Waals surface area contributed by atoms with E-state index in [4.69, 9.17) is 9.47 Å². The van der Waals surface area contributed by atoms with Crippen molar-refractivity contribution in [3.8, 4) is 0 Å². The molecule has 4 heteroatoms. The zero-order valence-corrected chi connectivity index (χ0v) is 8.90. The molecule has 0 aliphatic carbocycles. The van der Waals surface area contributed by atoms with E-state index in [0.29, 0.717) is 19.0 Å². The Kier molecular flexibility index (Phi) is 9.10. The van der Waals surface area contributed by atoms with E-state index in [1.165, 1.54) is 6.34 Å². The lowest BCUT2D eigenvalue weighted by atomic mass is 10.5. The molecule has 0 aromatic carbocycles. The van der Waals surface area contributed by atoms with Crippen LogP contribution in [0.25, 0.3) is 0 Å². The average molecular weight is 198 g/mol. The molecule has 0 spiro atoms. The maximum absolute atomic E-state index is 5.24. The molecular formula is C10H18N2O2. The van der Waals surface area contributed by atoms with Crippen LogP contribution in [0.15, 0.2) is 22.3 Å². The van der Waals surface area contributed by atoms with Crippen molar-refractivity contribution in [2.24, 2.45) is 9.98 Å². The minimum absolute atomic E-state index is 0.545. The first kappa shape index (κ1) is 12.8. The summed E-state index contributed by atoms with van der Waals surface area (Å²) < 4.78 is 10.1. The van der Waals surface area contributed by atoms with Crippen LogP contribution in [0.4, 0.5) is 0 Å². The minimum Gasteiger partial charge on any atom is -0.493 e. The molecule has 0 atom stereocenters. The van der Waals surface area contributed by atoms with Gasteiger partial charge in [0.2, 0.25) is 0 Å². The zero-order valence-electron chi connectivity index (χ0n) is 8.90. The van der Waals surface area contributed by atoms with Gasteiger partial charge in [-0.25, -0.2) is 4.99 Å². The van der Waals surface area contributed by atoms with Gasteiger partial charge in [-0.3, -0.25) is 4.99 Å². The molecule has 0 aromatic heterocycles. The Morgan fingerprint density at radius 1 is 1.43 bits per heavy atom. The maximum atomic E-state index is 5.24. The molecule has 0 heterocycles. The predicted octanol–water partition coefficient (Wildman–Crippen LogP) is 1.67. The van der Waals surface area contributed by atoms with E-state index >= 15 is 0 Å². The van der Waals surface area contributed by atoms with Gasteiger partial charge in [0, 0.05) is 26.7 Å². The van der Waals surface area contributed by atoms with Crippen molar-refractivity contribution in [2.45, 2.75) is 13.3 Å². The van der Waals surface area contributed by atoms with E-state index in [2.05, 4.69) is 16.6 Å². The summed E-state index contributed by atoms with van der Waals surface area (Å²) in [5, 5.41) is 0. The van der Waals surface area contributed by atoms with Gasteiger partial charge in [-0.1, -0.05) is 6.58 Å². The van der Waals surface area contributed by atoms with Gasteiger partial charge in [0.05, 0.1) is 12.8 Å². The Bertz CT molecular complexity index is 200. The number of nitrogens with zero attached hydrogens (tertiary/aromatic N) is 2. The Labute approximate surface area is 85.4 Å². The molecule has 0 fully saturated rings.